The maximum Gasteiger partial charge on any atom is 0.253 e. The van der Waals surface area contributed by atoms with Gasteiger partial charge in [0.2, 0.25) is 5.91 Å². The predicted octanol–water partition coefficient (Wildman–Crippen LogP) is 2.08. The number of hydrogen-bond donors (Lipinski definition) is 0. The number of rotatable bonds is 3. The molecule has 0 radical (unpaired) electrons. The Balaban J connectivity index is 1.36. The van der Waals surface area contributed by atoms with Crippen LogP contribution in [0.4, 0.5) is 0 Å². The summed E-state index contributed by atoms with van der Waals surface area (Å²) in [4.78, 5) is 29.7. The number of nitrogens with zero attached hydrogens (tertiary/aromatic N) is 6. The maximum absolute atomic E-state index is 13.0. The lowest BCUT2D eigenvalue weighted by molar-refractivity contribution is -0.138. The third-order valence-electron chi connectivity index (χ3n) is 6.14. The lowest BCUT2D eigenvalue weighted by atomic mass is 9.92. The van der Waals surface area contributed by atoms with E-state index in [1.54, 1.807) is 4.68 Å². The molecule has 0 spiro atoms. The second kappa shape index (κ2) is 8.31. The molecule has 29 heavy (non-hydrogen) atoms. The van der Waals surface area contributed by atoms with Crippen molar-refractivity contribution in [1.82, 2.24) is 30.0 Å². The fourth-order valence-electron chi connectivity index (χ4n) is 4.48. The molecule has 2 saturated heterocycles. The highest BCUT2D eigenvalue weighted by atomic mass is 16.2. The Morgan fingerprint density at radius 3 is 2.52 bits per heavy atom. The van der Waals surface area contributed by atoms with Crippen LogP contribution in [-0.2, 0) is 4.79 Å². The van der Waals surface area contributed by atoms with Crippen LogP contribution in [0.25, 0.3) is 5.69 Å². The summed E-state index contributed by atoms with van der Waals surface area (Å²) < 4.78 is 1.59. The van der Waals surface area contributed by atoms with Gasteiger partial charge in [0.25, 0.3) is 5.91 Å². The van der Waals surface area contributed by atoms with Crippen molar-refractivity contribution in [1.29, 1.82) is 0 Å². The molecule has 154 valence electrons. The summed E-state index contributed by atoms with van der Waals surface area (Å²) >= 11 is 0. The minimum atomic E-state index is 0.0221. The van der Waals surface area contributed by atoms with E-state index in [-0.39, 0.29) is 17.7 Å². The molecule has 0 N–H and O–H groups in total. The number of carbonyl (C=O) groups excluding carboxylic acids is 2. The Morgan fingerprint density at radius 2 is 1.86 bits per heavy atom. The number of hydrogen-bond acceptors (Lipinski definition) is 5. The largest absolute Gasteiger partial charge is 0.342 e. The molecule has 0 saturated carbocycles. The van der Waals surface area contributed by atoms with Gasteiger partial charge in [-0.3, -0.25) is 9.59 Å². The van der Waals surface area contributed by atoms with Crippen LogP contribution in [0, 0.1) is 18.8 Å². The number of aromatic nitrogens is 4. The van der Waals surface area contributed by atoms with E-state index in [1.165, 1.54) is 12.7 Å². The third-order valence-corrected chi connectivity index (χ3v) is 6.14. The molecule has 0 aliphatic carbocycles. The lowest BCUT2D eigenvalue weighted by Crippen LogP contribution is -2.47. The minimum absolute atomic E-state index is 0.0221. The summed E-state index contributed by atoms with van der Waals surface area (Å²) in [5, 5.41) is 11.2. The van der Waals surface area contributed by atoms with Gasteiger partial charge in [-0.05, 0) is 72.7 Å². The first-order valence-corrected chi connectivity index (χ1v) is 10.4. The van der Waals surface area contributed by atoms with Gasteiger partial charge < -0.3 is 9.80 Å². The zero-order valence-electron chi connectivity index (χ0n) is 17.1. The maximum atomic E-state index is 13.0. The summed E-state index contributed by atoms with van der Waals surface area (Å²) in [6, 6.07) is 5.57. The molecule has 2 aromatic rings. The molecule has 3 heterocycles. The van der Waals surface area contributed by atoms with Gasteiger partial charge in [-0.1, -0.05) is 6.92 Å². The smallest absolute Gasteiger partial charge is 0.253 e. The molecule has 2 amide bonds. The zero-order chi connectivity index (χ0) is 20.4. The summed E-state index contributed by atoms with van der Waals surface area (Å²) in [6.45, 7) is 7.19. The molecular weight excluding hydrogens is 368 g/mol. The van der Waals surface area contributed by atoms with Crippen LogP contribution in [0.5, 0.6) is 0 Å². The SMILES string of the molecule is Cc1cc(C(=O)N2CCC(C(=O)N3CCCC(C)C3)CC2)ccc1-n1cnnn1. The molecule has 8 nitrogen and oxygen atoms in total. The van der Waals surface area contributed by atoms with E-state index in [9.17, 15) is 9.59 Å². The van der Waals surface area contributed by atoms with Crippen LogP contribution < -0.4 is 0 Å². The van der Waals surface area contributed by atoms with Crippen molar-refractivity contribution in [2.24, 2.45) is 11.8 Å². The van der Waals surface area contributed by atoms with Crippen molar-refractivity contribution >= 4 is 11.8 Å². The summed E-state index contributed by atoms with van der Waals surface area (Å²) in [5.74, 6) is 0.946. The van der Waals surface area contributed by atoms with Gasteiger partial charge in [-0.2, -0.15) is 0 Å². The average molecular weight is 396 g/mol. The highest BCUT2D eigenvalue weighted by Crippen LogP contribution is 2.25. The molecule has 2 aliphatic heterocycles. The van der Waals surface area contributed by atoms with E-state index in [0.29, 0.717) is 24.6 Å². The molecule has 1 aromatic carbocycles. The molecule has 1 atom stereocenters. The van der Waals surface area contributed by atoms with Gasteiger partial charge >= 0.3 is 0 Å². The van der Waals surface area contributed by atoms with Gasteiger partial charge in [-0.15, -0.1) is 5.10 Å². The van der Waals surface area contributed by atoms with Crippen LogP contribution >= 0.6 is 0 Å². The molecule has 2 aliphatic rings. The minimum Gasteiger partial charge on any atom is -0.342 e. The monoisotopic (exact) mass is 396 g/mol. The molecule has 1 unspecified atom stereocenters. The molecule has 4 rings (SSSR count). The number of likely N-dealkylation sites (tertiary alicyclic amines) is 2. The standard InChI is InChI=1S/C21H28N6O2/c1-15-4-3-9-26(13-15)20(28)17-7-10-25(11-8-17)21(29)18-5-6-19(16(2)12-18)27-14-22-23-24-27/h5-6,12,14-15,17H,3-4,7-11,13H2,1-2H3. The Bertz CT molecular complexity index is 873. The molecule has 0 bridgehead atoms. The number of carbonyl (C=O) groups is 2. The van der Waals surface area contributed by atoms with E-state index in [0.717, 1.165) is 43.6 Å². The summed E-state index contributed by atoms with van der Waals surface area (Å²) in [5.41, 5.74) is 2.45. The van der Waals surface area contributed by atoms with E-state index in [1.807, 2.05) is 34.9 Å². The van der Waals surface area contributed by atoms with Crippen LogP contribution in [0.15, 0.2) is 24.5 Å². The molecule has 2 fully saturated rings. The second-order valence-corrected chi connectivity index (χ2v) is 8.35. The highest BCUT2D eigenvalue weighted by molar-refractivity contribution is 5.95. The van der Waals surface area contributed by atoms with Gasteiger partial charge in [0.15, 0.2) is 0 Å². The van der Waals surface area contributed by atoms with Crippen molar-refractivity contribution < 1.29 is 9.59 Å². The Morgan fingerprint density at radius 1 is 1.07 bits per heavy atom. The summed E-state index contributed by atoms with van der Waals surface area (Å²) in [6.07, 6.45) is 5.34. The van der Waals surface area contributed by atoms with E-state index in [2.05, 4.69) is 22.4 Å². The number of piperidine rings is 2. The van der Waals surface area contributed by atoms with Crippen molar-refractivity contribution in [2.45, 2.75) is 39.5 Å². The Kier molecular flexibility index (Phi) is 5.60. The average Bonchev–Trinajstić information content (AvgIpc) is 3.27. The van der Waals surface area contributed by atoms with Crippen LogP contribution in [0.3, 0.4) is 0 Å². The molecule has 1 aromatic heterocycles. The summed E-state index contributed by atoms with van der Waals surface area (Å²) in [7, 11) is 0. The van der Waals surface area contributed by atoms with E-state index >= 15 is 0 Å². The fraction of sp³-hybridized carbons (Fsp3) is 0.571. The van der Waals surface area contributed by atoms with Gasteiger partial charge in [0.05, 0.1) is 5.69 Å². The van der Waals surface area contributed by atoms with E-state index in [4.69, 9.17) is 0 Å². The normalized spacial score (nSPS) is 20.7. The first-order valence-electron chi connectivity index (χ1n) is 10.4. The van der Waals surface area contributed by atoms with Crippen molar-refractivity contribution in [3.63, 3.8) is 0 Å². The van der Waals surface area contributed by atoms with Gasteiger partial charge in [-0.25, -0.2) is 4.68 Å². The van der Waals surface area contributed by atoms with Crippen LogP contribution in [-0.4, -0.2) is 68.0 Å². The second-order valence-electron chi connectivity index (χ2n) is 8.35. The van der Waals surface area contributed by atoms with Crippen LogP contribution in [0.2, 0.25) is 0 Å². The Hall–Kier alpha value is -2.77. The quantitative estimate of drug-likeness (QED) is 0.793. The first-order chi connectivity index (χ1) is 14.0. The number of benzene rings is 1. The topological polar surface area (TPSA) is 84.2 Å². The number of amides is 2. The molecule has 8 heteroatoms. The van der Waals surface area contributed by atoms with Crippen molar-refractivity contribution in [3.05, 3.63) is 35.7 Å². The lowest BCUT2D eigenvalue weighted by Gasteiger charge is -2.37. The number of tetrazole rings is 1. The molecular formula is C21H28N6O2. The van der Waals surface area contributed by atoms with Crippen molar-refractivity contribution in [2.75, 3.05) is 26.2 Å². The third kappa shape index (κ3) is 4.16. The van der Waals surface area contributed by atoms with Gasteiger partial charge in [0.1, 0.15) is 6.33 Å². The van der Waals surface area contributed by atoms with Crippen LogP contribution in [0.1, 0.15) is 48.5 Å². The number of aryl methyl sites for hydroxylation is 1. The van der Waals surface area contributed by atoms with Gasteiger partial charge in [0, 0.05) is 37.7 Å². The fourth-order valence-corrected chi connectivity index (χ4v) is 4.48. The zero-order valence-corrected chi connectivity index (χ0v) is 17.1. The highest BCUT2D eigenvalue weighted by Gasteiger charge is 2.32. The first kappa shape index (κ1) is 19.5. The predicted molar refractivity (Wildman–Crippen MR) is 107 cm³/mol. The van der Waals surface area contributed by atoms with Crippen molar-refractivity contribution in [3.8, 4) is 5.69 Å². The Labute approximate surface area is 170 Å². The van der Waals surface area contributed by atoms with E-state index < -0.39 is 0 Å².